The van der Waals surface area contributed by atoms with Crippen LogP contribution < -0.4 is 4.72 Å². The van der Waals surface area contributed by atoms with Crippen molar-refractivity contribution in [3.63, 3.8) is 0 Å². The van der Waals surface area contributed by atoms with Crippen molar-refractivity contribution in [2.24, 2.45) is 0 Å². The summed E-state index contributed by atoms with van der Waals surface area (Å²) < 4.78 is 78.1. The Hall–Kier alpha value is -1.93. The third-order valence-corrected chi connectivity index (χ3v) is 4.35. The van der Waals surface area contributed by atoms with E-state index in [1.807, 2.05) is 4.72 Å². The predicted molar refractivity (Wildman–Crippen MR) is 71.9 cm³/mol. The molecule has 0 aliphatic heterocycles. The highest BCUT2D eigenvalue weighted by molar-refractivity contribution is 7.89. The first-order valence-electron chi connectivity index (χ1n) is 6.11. The molecule has 3 nitrogen and oxygen atoms in total. The number of nitrogens with one attached hydrogen (secondary N) is 1. The molecule has 0 spiro atoms. The molecule has 0 amide bonds. The van der Waals surface area contributed by atoms with Crippen LogP contribution in [0, 0.1) is 5.82 Å². The number of hydrogen-bond donors (Lipinski definition) is 1. The van der Waals surface area contributed by atoms with Crippen LogP contribution in [-0.2, 0) is 22.7 Å². The molecule has 0 radical (unpaired) electrons. The Labute approximate surface area is 124 Å². The Morgan fingerprint density at radius 1 is 0.955 bits per heavy atom. The second kappa shape index (κ2) is 6.05. The van der Waals surface area contributed by atoms with Crippen molar-refractivity contribution in [2.45, 2.75) is 17.6 Å². The number of halogens is 4. The molecular formula is C14H11F4NO2S. The lowest BCUT2D eigenvalue weighted by Gasteiger charge is -2.13. The lowest BCUT2D eigenvalue weighted by atomic mass is 10.2. The summed E-state index contributed by atoms with van der Waals surface area (Å²) in [6.07, 6.45) is -4.80. The van der Waals surface area contributed by atoms with E-state index in [2.05, 4.69) is 0 Å². The van der Waals surface area contributed by atoms with E-state index < -0.39 is 39.0 Å². The van der Waals surface area contributed by atoms with Gasteiger partial charge in [0.05, 0.1) is 10.5 Å². The molecule has 1 N–H and O–H groups in total. The smallest absolute Gasteiger partial charge is 0.207 e. The van der Waals surface area contributed by atoms with Crippen LogP contribution in [0.5, 0.6) is 0 Å². The first-order valence-corrected chi connectivity index (χ1v) is 7.59. The quantitative estimate of drug-likeness (QED) is 0.873. The number of hydrogen-bond acceptors (Lipinski definition) is 2. The summed E-state index contributed by atoms with van der Waals surface area (Å²) in [6.45, 7) is -0.443. The molecule has 2 aromatic rings. The summed E-state index contributed by atoms with van der Waals surface area (Å²) in [5, 5.41) is 0. The van der Waals surface area contributed by atoms with Crippen molar-refractivity contribution in [3.05, 3.63) is 65.5 Å². The normalized spacial score (nSPS) is 12.4. The van der Waals surface area contributed by atoms with E-state index in [9.17, 15) is 26.0 Å². The van der Waals surface area contributed by atoms with Crippen LogP contribution in [0.25, 0.3) is 0 Å². The first-order chi connectivity index (χ1) is 10.2. The topological polar surface area (TPSA) is 46.2 Å². The summed E-state index contributed by atoms with van der Waals surface area (Å²) >= 11 is 0. The summed E-state index contributed by atoms with van der Waals surface area (Å²) in [5.41, 5.74) is -1.23. The maximum absolute atomic E-state index is 13.4. The molecule has 2 rings (SSSR count). The number of benzene rings is 2. The molecular weight excluding hydrogens is 322 g/mol. The van der Waals surface area contributed by atoms with Crippen LogP contribution in [0.15, 0.2) is 53.4 Å². The van der Waals surface area contributed by atoms with E-state index in [-0.39, 0.29) is 5.56 Å². The van der Waals surface area contributed by atoms with Gasteiger partial charge in [0.2, 0.25) is 10.0 Å². The Morgan fingerprint density at radius 3 is 2.18 bits per heavy atom. The monoisotopic (exact) mass is 333 g/mol. The highest BCUT2D eigenvalue weighted by Crippen LogP contribution is 2.33. The van der Waals surface area contributed by atoms with Gasteiger partial charge >= 0.3 is 6.18 Å². The Balaban J connectivity index is 2.31. The fraction of sp³-hybridized carbons (Fsp3) is 0.143. The van der Waals surface area contributed by atoms with E-state index in [0.717, 1.165) is 18.2 Å². The zero-order valence-electron chi connectivity index (χ0n) is 11.1. The zero-order valence-corrected chi connectivity index (χ0v) is 11.9. The zero-order chi connectivity index (χ0) is 16.4. The van der Waals surface area contributed by atoms with Crippen LogP contribution in [0.1, 0.15) is 11.1 Å². The minimum atomic E-state index is -4.80. The van der Waals surface area contributed by atoms with Gasteiger partial charge in [-0.3, -0.25) is 0 Å². The molecule has 0 bridgehead atoms. The molecule has 0 heterocycles. The van der Waals surface area contributed by atoms with Gasteiger partial charge in [0.15, 0.2) is 0 Å². The number of alkyl halides is 3. The molecule has 0 saturated heterocycles. The molecule has 0 atom stereocenters. The van der Waals surface area contributed by atoms with Crippen molar-refractivity contribution in [3.8, 4) is 0 Å². The van der Waals surface area contributed by atoms with E-state index in [1.165, 1.54) is 24.3 Å². The molecule has 0 aromatic heterocycles. The van der Waals surface area contributed by atoms with Crippen LogP contribution in [0.2, 0.25) is 0 Å². The molecule has 0 aliphatic rings. The van der Waals surface area contributed by atoms with Gasteiger partial charge in [-0.1, -0.05) is 30.3 Å². The van der Waals surface area contributed by atoms with E-state index >= 15 is 0 Å². The number of rotatable bonds is 4. The van der Waals surface area contributed by atoms with Crippen molar-refractivity contribution >= 4 is 10.0 Å². The molecule has 8 heteroatoms. The Kier molecular flexibility index (Phi) is 4.52. The Bertz CT molecular complexity index is 772. The highest BCUT2D eigenvalue weighted by Gasteiger charge is 2.36. The second-order valence-corrected chi connectivity index (χ2v) is 6.15. The van der Waals surface area contributed by atoms with E-state index in [1.54, 1.807) is 0 Å². The van der Waals surface area contributed by atoms with Gasteiger partial charge < -0.3 is 0 Å². The summed E-state index contributed by atoms with van der Waals surface area (Å²) in [4.78, 5) is -0.890. The van der Waals surface area contributed by atoms with Crippen molar-refractivity contribution in [2.75, 3.05) is 0 Å². The third-order valence-electron chi connectivity index (χ3n) is 2.89. The van der Waals surface area contributed by atoms with Gasteiger partial charge in [-0.15, -0.1) is 0 Å². The van der Waals surface area contributed by atoms with Gasteiger partial charge in [0, 0.05) is 12.1 Å². The molecule has 0 unspecified atom stereocenters. The molecule has 0 aliphatic carbocycles. The summed E-state index contributed by atoms with van der Waals surface area (Å²) in [7, 11) is -4.43. The van der Waals surface area contributed by atoms with Gasteiger partial charge in [0.1, 0.15) is 5.82 Å². The van der Waals surface area contributed by atoms with Gasteiger partial charge in [0.25, 0.3) is 0 Å². The highest BCUT2D eigenvalue weighted by atomic mass is 32.2. The lowest BCUT2D eigenvalue weighted by Crippen LogP contribution is -2.26. The average molecular weight is 333 g/mol. The standard InChI is InChI=1S/C14H11F4NO2S/c15-12-7-3-1-5-10(12)9-19-22(20,21)13-8-4-2-6-11(13)14(16,17)18/h1-8,19H,9H2. The van der Waals surface area contributed by atoms with Gasteiger partial charge in [-0.25, -0.2) is 17.5 Å². The maximum Gasteiger partial charge on any atom is 0.417 e. The largest absolute Gasteiger partial charge is 0.417 e. The Morgan fingerprint density at radius 2 is 1.55 bits per heavy atom. The minimum Gasteiger partial charge on any atom is -0.207 e. The predicted octanol–water partition coefficient (Wildman–Crippen LogP) is 3.32. The summed E-state index contributed by atoms with van der Waals surface area (Å²) in [6, 6.07) is 9.21. The molecule has 2 aromatic carbocycles. The molecule has 118 valence electrons. The molecule has 22 heavy (non-hydrogen) atoms. The number of sulfonamides is 1. The average Bonchev–Trinajstić information content (AvgIpc) is 2.46. The minimum absolute atomic E-state index is 0.0376. The van der Waals surface area contributed by atoms with E-state index in [0.29, 0.717) is 6.07 Å². The fourth-order valence-corrected chi connectivity index (χ4v) is 3.06. The van der Waals surface area contributed by atoms with Crippen molar-refractivity contribution in [1.82, 2.24) is 4.72 Å². The van der Waals surface area contributed by atoms with Gasteiger partial charge in [-0.05, 0) is 18.2 Å². The first kappa shape index (κ1) is 16.4. The van der Waals surface area contributed by atoms with E-state index in [4.69, 9.17) is 0 Å². The van der Waals surface area contributed by atoms with Crippen LogP contribution in [-0.4, -0.2) is 8.42 Å². The van der Waals surface area contributed by atoms with Crippen LogP contribution in [0.4, 0.5) is 17.6 Å². The van der Waals surface area contributed by atoms with Crippen LogP contribution in [0.3, 0.4) is 0 Å². The summed E-state index contributed by atoms with van der Waals surface area (Å²) in [5.74, 6) is -0.644. The maximum atomic E-state index is 13.4. The lowest BCUT2D eigenvalue weighted by molar-refractivity contribution is -0.139. The van der Waals surface area contributed by atoms with Crippen molar-refractivity contribution < 1.29 is 26.0 Å². The van der Waals surface area contributed by atoms with Gasteiger partial charge in [-0.2, -0.15) is 13.2 Å². The second-order valence-electron chi connectivity index (χ2n) is 4.41. The van der Waals surface area contributed by atoms with Crippen LogP contribution >= 0.6 is 0 Å². The SMILES string of the molecule is O=S(=O)(NCc1ccccc1F)c1ccccc1C(F)(F)F. The molecule has 0 fully saturated rings. The third kappa shape index (κ3) is 3.63. The molecule has 0 saturated carbocycles. The fourth-order valence-electron chi connectivity index (χ4n) is 1.83. The van der Waals surface area contributed by atoms with Crippen molar-refractivity contribution in [1.29, 1.82) is 0 Å².